The Hall–Kier alpha value is -0.0800. The minimum Gasteiger partial charge on any atom is -0.313 e. The highest BCUT2D eigenvalue weighted by molar-refractivity contribution is 4.82. The largest absolute Gasteiger partial charge is 0.313 e. The van der Waals surface area contributed by atoms with Gasteiger partial charge in [0.05, 0.1) is 0 Å². The Labute approximate surface area is 57.0 Å². The van der Waals surface area contributed by atoms with Gasteiger partial charge < -0.3 is 5.32 Å². The molecule has 53 valence electrons. The maximum Gasteiger partial charge on any atom is 0.0290 e. The molecule has 0 aliphatic carbocycles. The van der Waals surface area contributed by atoms with Crippen LogP contribution in [0.4, 0.5) is 0 Å². The van der Waals surface area contributed by atoms with Crippen molar-refractivity contribution in [1.29, 1.82) is 0 Å². The van der Waals surface area contributed by atoms with Gasteiger partial charge in [-0.1, -0.05) is 13.8 Å². The Kier molecular flexibility index (Phi) is 2.49. The summed E-state index contributed by atoms with van der Waals surface area (Å²) in [6, 6.07) is 0.662. The zero-order valence-electron chi connectivity index (χ0n) is 6.22. The summed E-state index contributed by atoms with van der Waals surface area (Å²) in [6.07, 6.45) is 0. The number of nitrogens with zero attached hydrogens (tertiary/aromatic N) is 1. The third-order valence-electron chi connectivity index (χ3n) is 1.90. The van der Waals surface area contributed by atoms with E-state index in [0.717, 1.165) is 25.6 Å². The normalized spacial score (nSPS) is 35.3. The maximum absolute atomic E-state index is 4.30. The summed E-state index contributed by atoms with van der Waals surface area (Å²) in [7, 11) is 0. The first-order valence-electron chi connectivity index (χ1n) is 3.71. The number of hydrogen-bond acceptors (Lipinski definition) is 1. The van der Waals surface area contributed by atoms with E-state index in [4.69, 9.17) is 0 Å². The Morgan fingerprint density at radius 3 is 2.78 bits per heavy atom. The molecular formula is C7H15N2. The van der Waals surface area contributed by atoms with Crippen LogP contribution in [-0.4, -0.2) is 25.7 Å². The van der Waals surface area contributed by atoms with Crippen LogP contribution in [-0.2, 0) is 0 Å². The maximum atomic E-state index is 4.30. The number of likely N-dealkylation sites (N-methyl/N-ethyl adjacent to an activating group) is 1. The molecule has 0 saturated carbocycles. The highest BCUT2D eigenvalue weighted by Crippen LogP contribution is 2.07. The first-order valence-corrected chi connectivity index (χ1v) is 3.71. The van der Waals surface area contributed by atoms with Gasteiger partial charge in [0.1, 0.15) is 0 Å². The van der Waals surface area contributed by atoms with Gasteiger partial charge in [-0.25, -0.2) is 5.32 Å². The van der Waals surface area contributed by atoms with Gasteiger partial charge in [-0.15, -0.1) is 0 Å². The topological polar surface area (TPSA) is 26.1 Å². The second kappa shape index (κ2) is 3.18. The second-order valence-electron chi connectivity index (χ2n) is 2.73. The first kappa shape index (κ1) is 7.03. The molecule has 2 nitrogen and oxygen atoms in total. The summed E-state index contributed by atoms with van der Waals surface area (Å²) in [5, 5.41) is 7.70. The van der Waals surface area contributed by atoms with E-state index in [0.29, 0.717) is 6.04 Å². The summed E-state index contributed by atoms with van der Waals surface area (Å²) in [6.45, 7) is 7.55. The molecule has 0 aromatic rings. The van der Waals surface area contributed by atoms with Gasteiger partial charge in [0.15, 0.2) is 0 Å². The molecule has 1 aliphatic heterocycles. The Balaban J connectivity index is 2.22. The van der Waals surface area contributed by atoms with E-state index < -0.39 is 0 Å². The third-order valence-corrected chi connectivity index (χ3v) is 1.90. The summed E-state index contributed by atoms with van der Waals surface area (Å²) in [5.74, 6) is 0.755. The fraction of sp³-hybridized carbons (Fsp3) is 1.00. The number of hydrogen-bond donors (Lipinski definition) is 1. The van der Waals surface area contributed by atoms with Crippen molar-refractivity contribution in [3.05, 3.63) is 0 Å². The van der Waals surface area contributed by atoms with Crippen molar-refractivity contribution in [2.45, 2.75) is 19.9 Å². The van der Waals surface area contributed by atoms with Gasteiger partial charge >= 0.3 is 0 Å². The quantitative estimate of drug-likeness (QED) is 0.564. The SMILES string of the molecule is CCNC1C[N]CC1C. The van der Waals surface area contributed by atoms with Gasteiger partial charge in [-0.2, -0.15) is 0 Å². The van der Waals surface area contributed by atoms with Crippen LogP contribution in [0, 0.1) is 5.92 Å². The number of nitrogens with one attached hydrogen (secondary N) is 1. The van der Waals surface area contributed by atoms with Crippen LogP contribution in [0.1, 0.15) is 13.8 Å². The van der Waals surface area contributed by atoms with E-state index in [9.17, 15) is 0 Å². The minimum absolute atomic E-state index is 0.662. The lowest BCUT2D eigenvalue weighted by molar-refractivity contribution is 0.466. The van der Waals surface area contributed by atoms with E-state index in [2.05, 4.69) is 24.5 Å². The highest BCUT2D eigenvalue weighted by Gasteiger charge is 2.22. The number of rotatable bonds is 2. The molecule has 0 aromatic heterocycles. The van der Waals surface area contributed by atoms with Gasteiger partial charge in [0.25, 0.3) is 0 Å². The minimum atomic E-state index is 0.662. The monoisotopic (exact) mass is 127 g/mol. The van der Waals surface area contributed by atoms with Crippen molar-refractivity contribution in [2.75, 3.05) is 19.6 Å². The average Bonchev–Trinajstić information content (AvgIpc) is 2.18. The fourth-order valence-electron chi connectivity index (χ4n) is 1.25. The van der Waals surface area contributed by atoms with E-state index in [1.165, 1.54) is 0 Å². The molecule has 2 atom stereocenters. The molecule has 0 spiro atoms. The second-order valence-corrected chi connectivity index (χ2v) is 2.73. The molecule has 1 heterocycles. The molecule has 1 radical (unpaired) electrons. The molecule has 0 amide bonds. The third kappa shape index (κ3) is 1.66. The van der Waals surface area contributed by atoms with E-state index in [1.54, 1.807) is 0 Å². The fourth-order valence-corrected chi connectivity index (χ4v) is 1.25. The van der Waals surface area contributed by atoms with Crippen LogP contribution in [0.25, 0.3) is 0 Å². The van der Waals surface area contributed by atoms with Crippen molar-refractivity contribution < 1.29 is 0 Å². The molecule has 1 aliphatic rings. The summed E-state index contributed by atoms with van der Waals surface area (Å²) in [4.78, 5) is 0. The average molecular weight is 127 g/mol. The zero-order chi connectivity index (χ0) is 6.69. The molecular weight excluding hydrogens is 112 g/mol. The summed E-state index contributed by atoms with van der Waals surface area (Å²) in [5.41, 5.74) is 0. The standard InChI is InChI=1S/C7H15N2/c1-3-9-7-5-8-4-6(7)2/h6-7,9H,3-5H2,1-2H3. The molecule has 0 aromatic carbocycles. The van der Waals surface area contributed by atoms with Crippen LogP contribution in [0.3, 0.4) is 0 Å². The molecule has 1 N–H and O–H groups in total. The van der Waals surface area contributed by atoms with E-state index in [1.807, 2.05) is 0 Å². The lowest BCUT2D eigenvalue weighted by atomic mass is 10.1. The van der Waals surface area contributed by atoms with Crippen LogP contribution < -0.4 is 10.6 Å². The summed E-state index contributed by atoms with van der Waals surface area (Å²) < 4.78 is 0. The Bertz CT molecular complexity index is 83.0. The lowest BCUT2D eigenvalue weighted by Gasteiger charge is -2.13. The van der Waals surface area contributed by atoms with Crippen molar-refractivity contribution in [3.8, 4) is 0 Å². The Morgan fingerprint density at radius 2 is 2.33 bits per heavy atom. The molecule has 1 saturated heterocycles. The first-order chi connectivity index (χ1) is 4.34. The molecule has 9 heavy (non-hydrogen) atoms. The Morgan fingerprint density at radius 1 is 1.56 bits per heavy atom. The van der Waals surface area contributed by atoms with Crippen LogP contribution >= 0.6 is 0 Å². The molecule has 2 heteroatoms. The van der Waals surface area contributed by atoms with Gasteiger partial charge in [-0.05, 0) is 12.5 Å². The van der Waals surface area contributed by atoms with Gasteiger partial charge in [0, 0.05) is 19.1 Å². The highest BCUT2D eigenvalue weighted by atomic mass is 15.0. The molecule has 2 unspecified atom stereocenters. The smallest absolute Gasteiger partial charge is 0.0290 e. The van der Waals surface area contributed by atoms with Crippen LogP contribution in [0.5, 0.6) is 0 Å². The van der Waals surface area contributed by atoms with Crippen molar-refractivity contribution in [3.63, 3.8) is 0 Å². The predicted octanol–water partition coefficient (Wildman–Crippen LogP) is 0.219. The van der Waals surface area contributed by atoms with Gasteiger partial charge in [-0.3, -0.25) is 0 Å². The molecule has 0 bridgehead atoms. The van der Waals surface area contributed by atoms with Crippen LogP contribution in [0.2, 0.25) is 0 Å². The predicted molar refractivity (Wildman–Crippen MR) is 38.5 cm³/mol. The van der Waals surface area contributed by atoms with Gasteiger partial charge in [0.2, 0.25) is 0 Å². The van der Waals surface area contributed by atoms with Crippen molar-refractivity contribution in [1.82, 2.24) is 10.6 Å². The van der Waals surface area contributed by atoms with Crippen molar-refractivity contribution in [2.24, 2.45) is 5.92 Å². The van der Waals surface area contributed by atoms with Crippen molar-refractivity contribution >= 4 is 0 Å². The van der Waals surface area contributed by atoms with Crippen LogP contribution in [0.15, 0.2) is 0 Å². The lowest BCUT2D eigenvalue weighted by Crippen LogP contribution is -2.34. The summed E-state index contributed by atoms with van der Waals surface area (Å²) >= 11 is 0. The van der Waals surface area contributed by atoms with E-state index in [-0.39, 0.29) is 0 Å². The van der Waals surface area contributed by atoms with E-state index >= 15 is 0 Å². The zero-order valence-corrected chi connectivity index (χ0v) is 6.22. The molecule has 1 fully saturated rings. The molecule has 1 rings (SSSR count).